The minimum Gasteiger partial charge on any atom is -0.508 e. The first-order valence-electron chi connectivity index (χ1n) is 5.32. The van der Waals surface area contributed by atoms with Gasteiger partial charge >= 0.3 is 6.18 Å². The Balaban J connectivity index is 2.74. The topological polar surface area (TPSA) is 40.5 Å². The summed E-state index contributed by atoms with van der Waals surface area (Å²) >= 11 is 0. The summed E-state index contributed by atoms with van der Waals surface area (Å²) in [5, 5.41) is 9.19. The van der Waals surface area contributed by atoms with Gasteiger partial charge in [-0.15, -0.1) is 0 Å². The van der Waals surface area contributed by atoms with E-state index in [9.17, 15) is 23.1 Å². The molecule has 3 nitrogen and oxygen atoms in total. The van der Waals surface area contributed by atoms with Gasteiger partial charge in [-0.25, -0.2) is 0 Å². The zero-order valence-corrected chi connectivity index (χ0v) is 10.1. The van der Waals surface area contributed by atoms with Crippen molar-refractivity contribution >= 4 is 5.91 Å². The van der Waals surface area contributed by atoms with Crippen LogP contribution in [0.5, 0.6) is 5.75 Å². The lowest BCUT2D eigenvalue weighted by atomic mass is 10.1. The Morgan fingerprint density at radius 3 is 2.50 bits per heavy atom. The number of amides is 1. The van der Waals surface area contributed by atoms with Crippen molar-refractivity contribution in [1.82, 2.24) is 4.90 Å². The number of nitrogens with zero attached hydrogens (tertiary/aromatic N) is 1. The maximum atomic E-state index is 12.0. The first kappa shape index (κ1) is 14.3. The van der Waals surface area contributed by atoms with Crippen molar-refractivity contribution < 1.29 is 23.1 Å². The quantitative estimate of drug-likeness (QED) is 0.908. The number of carbonyl (C=O) groups excluding carboxylic acids is 1. The Kier molecular flexibility index (Phi) is 4.21. The fraction of sp³-hybridized carbons (Fsp3) is 0.417. The number of benzene rings is 1. The highest BCUT2D eigenvalue weighted by Gasteiger charge is 2.28. The molecular formula is C12H14F3NO2. The van der Waals surface area contributed by atoms with Gasteiger partial charge in [-0.1, -0.05) is 0 Å². The first-order chi connectivity index (χ1) is 8.20. The summed E-state index contributed by atoms with van der Waals surface area (Å²) < 4.78 is 36.1. The number of hydrogen-bond donors (Lipinski definition) is 1. The molecule has 0 aromatic heterocycles. The number of aromatic hydroxyl groups is 1. The molecule has 0 saturated carbocycles. The number of phenols is 1. The van der Waals surface area contributed by atoms with Gasteiger partial charge in [0.05, 0.1) is 6.42 Å². The van der Waals surface area contributed by atoms with Crippen molar-refractivity contribution in [1.29, 1.82) is 0 Å². The molecule has 0 spiro atoms. The van der Waals surface area contributed by atoms with Crippen LogP contribution in [0, 0.1) is 6.92 Å². The molecule has 1 N–H and O–H groups in total. The van der Waals surface area contributed by atoms with Gasteiger partial charge in [0.2, 0.25) is 0 Å². The normalized spacial score (nSPS) is 11.4. The molecular weight excluding hydrogens is 247 g/mol. The smallest absolute Gasteiger partial charge is 0.390 e. The molecule has 0 saturated heterocycles. The molecule has 0 aliphatic carbocycles. The van der Waals surface area contributed by atoms with E-state index < -0.39 is 18.5 Å². The summed E-state index contributed by atoms with van der Waals surface area (Å²) in [5.74, 6) is -0.473. The monoisotopic (exact) mass is 261 g/mol. The van der Waals surface area contributed by atoms with Crippen molar-refractivity contribution in [3.8, 4) is 5.75 Å². The minimum atomic E-state index is -4.28. The van der Waals surface area contributed by atoms with E-state index in [1.165, 1.54) is 25.2 Å². The third kappa shape index (κ3) is 3.94. The van der Waals surface area contributed by atoms with Crippen molar-refractivity contribution in [2.24, 2.45) is 0 Å². The fourth-order valence-electron chi connectivity index (χ4n) is 1.49. The van der Waals surface area contributed by atoms with E-state index in [1.807, 2.05) is 0 Å². The van der Waals surface area contributed by atoms with Crippen LogP contribution in [0.4, 0.5) is 13.2 Å². The molecule has 0 bridgehead atoms. The van der Waals surface area contributed by atoms with Gasteiger partial charge < -0.3 is 10.0 Å². The molecule has 0 aliphatic heterocycles. The van der Waals surface area contributed by atoms with Crippen molar-refractivity contribution in [2.75, 3.05) is 13.6 Å². The van der Waals surface area contributed by atoms with Gasteiger partial charge in [-0.05, 0) is 30.7 Å². The van der Waals surface area contributed by atoms with Crippen LogP contribution in [0.15, 0.2) is 18.2 Å². The summed E-state index contributed by atoms with van der Waals surface area (Å²) in [5.41, 5.74) is 0.816. The van der Waals surface area contributed by atoms with Gasteiger partial charge in [0.15, 0.2) is 0 Å². The van der Waals surface area contributed by atoms with E-state index in [-0.39, 0.29) is 17.9 Å². The number of carbonyl (C=O) groups is 1. The molecule has 0 atom stereocenters. The van der Waals surface area contributed by atoms with E-state index in [0.29, 0.717) is 5.56 Å². The third-order valence-corrected chi connectivity index (χ3v) is 2.52. The predicted octanol–water partition coefficient (Wildman–Crippen LogP) is 2.73. The van der Waals surface area contributed by atoms with Crippen LogP contribution in [0.3, 0.4) is 0 Å². The minimum absolute atomic E-state index is 0.0157. The van der Waals surface area contributed by atoms with E-state index in [2.05, 4.69) is 0 Å². The first-order valence-corrected chi connectivity index (χ1v) is 5.32. The molecule has 0 heterocycles. The number of rotatable bonds is 3. The molecule has 1 aromatic rings. The molecule has 6 heteroatoms. The Labute approximate surface area is 103 Å². The highest BCUT2D eigenvalue weighted by atomic mass is 19.4. The van der Waals surface area contributed by atoms with Crippen LogP contribution < -0.4 is 0 Å². The molecule has 100 valence electrons. The second kappa shape index (κ2) is 5.29. The number of hydrogen-bond acceptors (Lipinski definition) is 2. The molecule has 1 aromatic carbocycles. The van der Waals surface area contributed by atoms with Gasteiger partial charge in [-0.2, -0.15) is 13.2 Å². The van der Waals surface area contributed by atoms with Crippen molar-refractivity contribution in [2.45, 2.75) is 19.5 Å². The standard InChI is InChI=1S/C12H14F3NO2/c1-8-7-9(17)3-4-10(8)11(18)16(2)6-5-12(13,14)15/h3-4,7,17H,5-6H2,1-2H3. The average molecular weight is 261 g/mol. The maximum Gasteiger partial charge on any atom is 0.390 e. The summed E-state index contributed by atoms with van der Waals surface area (Å²) in [7, 11) is 1.32. The zero-order valence-electron chi connectivity index (χ0n) is 10.1. The zero-order chi connectivity index (χ0) is 13.9. The molecule has 0 radical (unpaired) electrons. The third-order valence-electron chi connectivity index (χ3n) is 2.52. The van der Waals surface area contributed by atoms with Crippen LogP contribution in [0.2, 0.25) is 0 Å². The lowest BCUT2D eigenvalue weighted by Gasteiger charge is -2.19. The summed E-state index contributed by atoms with van der Waals surface area (Å²) in [6.07, 6.45) is -5.31. The Hall–Kier alpha value is -1.72. The van der Waals surface area contributed by atoms with Gasteiger partial charge in [-0.3, -0.25) is 4.79 Å². The molecule has 0 fully saturated rings. The SMILES string of the molecule is Cc1cc(O)ccc1C(=O)N(C)CCC(F)(F)F. The fourth-order valence-corrected chi connectivity index (χ4v) is 1.49. The number of phenolic OH excluding ortho intramolecular Hbond substituents is 1. The van der Waals surface area contributed by atoms with E-state index in [4.69, 9.17) is 0 Å². The van der Waals surface area contributed by atoms with Gasteiger partial charge in [0.25, 0.3) is 5.91 Å². The van der Waals surface area contributed by atoms with Crippen LogP contribution >= 0.6 is 0 Å². The molecule has 1 amide bonds. The van der Waals surface area contributed by atoms with Crippen molar-refractivity contribution in [3.05, 3.63) is 29.3 Å². The summed E-state index contributed by atoms with van der Waals surface area (Å²) in [4.78, 5) is 12.9. The summed E-state index contributed by atoms with van der Waals surface area (Å²) in [6.45, 7) is 1.23. The Morgan fingerprint density at radius 1 is 1.39 bits per heavy atom. The molecule has 1 rings (SSSR count). The highest BCUT2D eigenvalue weighted by Crippen LogP contribution is 2.21. The second-order valence-electron chi connectivity index (χ2n) is 4.09. The Bertz CT molecular complexity index is 443. The van der Waals surface area contributed by atoms with Gasteiger partial charge in [0, 0.05) is 19.2 Å². The Morgan fingerprint density at radius 2 is 2.00 bits per heavy atom. The van der Waals surface area contributed by atoms with Crippen LogP contribution in [0.25, 0.3) is 0 Å². The van der Waals surface area contributed by atoms with Crippen LogP contribution in [0.1, 0.15) is 22.3 Å². The predicted molar refractivity (Wildman–Crippen MR) is 60.5 cm³/mol. The lowest BCUT2D eigenvalue weighted by Crippen LogP contribution is -2.31. The molecule has 0 unspecified atom stereocenters. The maximum absolute atomic E-state index is 12.0. The van der Waals surface area contributed by atoms with E-state index >= 15 is 0 Å². The van der Waals surface area contributed by atoms with E-state index in [1.54, 1.807) is 6.92 Å². The molecule has 0 aliphatic rings. The van der Waals surface area contributed by atoms with Crippen molar-refractivity contribution in [3.63, 3.8) is 0 Å². The van der Waals surface area contributed by atoms with Crippen LogP contribution in [-0.4, -0.2) is 35.7 Å². The second-order valence-corrected chi connectivity index (χ2v) is 4.09. The van der Waals surface area contributed by atoms with E-state index in [0.717, 1.165) is 4.90 Å². The highest BCUT2D eigenvalue weighted by molar-refractivity contribution is 5.95. The number of alkyl halides is 3. The number of aryl methyl sites for hydroxylation is 1. The number of halogens is 3. The lowest BCUT2D eigenvalue weighted by molar-refractivity contribution is -0.136. The summed E-state index contributed by atoms with van der Waals surface area (Å²) in [6, 6.07) is 4.12. The van der Waals surface area contributed by atoms with Gasteiger partial charge in [0.1, 0.15) is 5.75 Å². The largest absolute Gasteiger partial charge is 0.508 e. The van der Waals surface area contributed by atoms with Crippen LogP contribution in [-0.2, 0) is 0 Å². The molecule has 18 heavy (non-hydrogen) atoms. The average Bonchev–Trinajstić information content (AvgIpc) is 2.24.